The molecule has 0 aromatic carbocycles. The molecule has 3 nitrogen and oxygen atoms in total. The van der Waals surface area contributed by atoms with Crippen molar-refractivity contribution >= 4 is 0 Å². The minimum absolute atomic E-state index is 0.107. The summed E-state index contributed by atoms with van der Waals surface area (Å²) in [6.07, 6.45) is 3.77. The van der Waals surface area contributed by atoms with E-state index in [2.05, 4.69) is 11.1 Å². The van der Waals surface area contributed by atoms with E-state index in [0.29, 0.717) is 13.2 Å². The molecule has 1 N–H and O–H groups in total. The van der Waals surface area contributed by atoms with E-state index >= 15 is 0 Å². The van der Waals surface area contributed by atoms with E-state index in [9.17, 15) is 5.11 Å². The Morgan fingerprint density at radius 2 is 2.44 bits per heavy atom. The SMILES string of the molecule is CCOCC(C)(O)C1CCc2cccnc21. The molecule has 1 aromatic heterocycles. The minimum Gasteiger partial charge on any atom is -0.387 e. The fraction of sp³-hybridized carbons (Fsp3) is 0.615. The van der Waals surface area contributed by atoms with Gasteiger partial charge in [-0.25, -0.2) is 0 Å². The summed E-state index contributed by atoms with van der Waals surface area (Å²) in [6, 6.07) is 4.05. The van der Waals surface area contributed by atoms with Gasteiger partial charge in [0.2, 0.25) is 0 Å². The normalized spacial score (nSPS) is 22.8. The van der Waals surface area contributed by atoms with Gasteiger partial charge in [0.15, 0.2) is 0 Å². The summed E-state index contributed by atoms with van der Waals surface area (Å²) in [6.45, 7) is 4.80. The Bertz CT molecular complexity index is 363. The highest BCUT2D eigenvalue weighted by Crippen LogP contribution is 2.39. The maximum Gasteiger partial charge on any atom is 0.0935 e. The van der Waals surface area contributed by atoms with E-state index in [1.165, 1.54) is 5.56 Å². The van der Waals surface area contributed by atoms with Gasteiger partial charge in [-0.1, -0.05) is 6.07 Å². The minimum atomic E-state index is -0.810. The fourth-order valence-corrected chi connectivity index (χ4v) is 2.43. The van der Waals surface area contributed by atoms with Crippen LogP contribution in [0.3, 0.4) is 0 Å². The van der Waals surface area contributed by atoms with Crippen LogP contribution in [0.5, 0.6) is 0 Å². The highest BCUT2D eigenvalue weighted by molar-refractivity contribution is 5.30. The van der Waals surface area contributed by atoms with E-state index < -0.39 is 5.60 Å². The number of rotatable bonds is 4. The molecule has 1 aliphatic rings. The first-order valence-electron chi connectivity index (χ1n) is 5.89. The topological polar surface area (TPSA) is 42.4 Å². The van der Waals surface area contributed by atoms with Crippen LogP contribution in [0.2, 0.25) is 0 Å². The number of hydrogen-bond acceptors (Lipinski definition) is 3. The van der Waals surface area contributed by atoms with Crippen LogP contribution in [0.4, 0.5) is 0 Å². The van der Waals surface area contributed by atoms with Crippen molar-refractivity contribution in [2.75, 3.05) is 13.2 Å². The third-order valence-electron chi connectivity index (χ3n) is 3.31. The number of fused-ring (bicyclic) bond motifs is 1. The highest BCUT2D eigenvalue weighted by atomic mass is 16.5. The lowest BCUT2D eigenvalue weighted by molar-refractivity contribution is -0.0491. The summed E-state index contributed by atoms with van der Waals surface area (Å²) >= 11 is 0. The Morgan fingerprint density at radius 1 is 1.62 bits per heavy atom. The van der Waals surface area contributed by atoms with Crippen LogP contribution in [-0.2, 0) is 11.2 Å². The number of ether oxygens (including phenoxy) is 1. The lowest BCUT2D eigenvalue weighted by Gasteiger charge is -2.29. The molecule has 2 rings (SSSR count). The Hall–Kier alpha value is -0.930. The van der Waals surface area contributed by atoms with Crippen molar-refractivity contribution in [3.05, 3.63) is 29.6 Å². The van der Waals surface area contributed by atoms with Gasteiger partial charge >= 0.3 is 0 Å². The third-order valence-corrected chi connectivity index (χ3v) is 3.31. The molecule has 88 valence electrons. The number of pyridine rings is 1. The van der Waals surface area contributed by atoms with Gasteiger partial charge in [-0.15, -0.1) is 0 Å². The summed E-state index contributed by atoms with van der Waals surface area (Å²) in [5, 5.41) is 10.4. The molecular formula is C13H19NO2. The fourth-order valence-electron chi connectivity index (χ4n) is 2.43. The van der Waals surface area contributed by atoms with Gasteiger partial charge in [0.1, 0.15) is 0 Å². The number of aryl methyl sites for hydroxylation is 1. The van der Waals surface area contributed by atoms with Gasteiger partial charge in [0.25, 0.3) is 0 Å². The maximum absolute atomic E-state index is 10.4. The quantitative estimate of drug-likeness (QED) is 0.844. The first kappa shape index (κ1) is 11.6. The maximum atomic E-state index is 10.4. The second-order valence-corrected chi connectivity index (χ2v) is 4.63. The zero-order valence-corrected chi connectivity index (χ0v) is 9.94. The molecule has 1 aromatic rings. The largest absolute Gasteiger partial charge is 0.387 e. The average molecular weight is 221 g/mol. The summed E-state index contributed by atoms with van der Waals surface area (Å²) in [5.41, 5.74) is 1.51. The second-order valence-electron chi connectivity index (χ2n) is 4.63. The summed E-state index contributed by atoms with van der Waals surface area (Å²) < 4.78 is 5.35. The lowest BCUT2D eigenvalue weighted by atomic mass is 9.87. The number of aromatic nitrogens is 1. The average Bonchev–Trinajstić information content (AvgIpc) is 2.71. The Kier molecular flexibility index (Phi) is 3.26. The smallest absolute Gasteiger partial charge is 0.0935 e. The predicted molar refractivity (Wildman–Crippen MR) is 62.4 cm³/mol. The monoisotopic (exact) mass is 221 g/mol. The molecule has 0 fully saturated rings. The van der Waals surface area contributed by atoms with Gasteiger partial charge in [0.05, 0.1) is 12.2 Å². The number of aliphatic hydroxyl groups is 1. The predicted octanol–water partition coefficient (Wildman–Crippen LogP) is 1.90. The van der Waals surface area contributed by atoms with Gasteiger partial charge in [-0.3, -0.25) is 4.98 Å². The van der Waals surface area contributed by atoms with Gasteiger partial charge in [-0.2, -0.15) is 0 Å². The number of nitrogens with zero attached hydrogens (tertiary/aromatic N) is 1. The summed E-state index contributed by atoms with van der Waals surface area (Å²) in [5.74, 6) is 0.107. The Balaban J connectivity index is 2.17. The van der Waals surface area contributed by atoms with Gasteiger partial charge in [-0.05, 0) is 38.3 Å². The van der Waals surface area contributed by atoms with Crippen molar-refractivity contribution < 1.29 is 9.84 Å². The molecule has 0 amide bonds. The van der Waals surface area contributed by atoms with Crippen molar-refractivity contribution in [1.29, 1.82) is 0 Å². The molecule has 0 radical (unpaired) electrons. The van der Waals surface area contributed by atoms with Crippen molar-refractivity contribution in [2.24, 2.45) is 0 Å². The molecule has 1 heterocycles. The zero-order chi connectivity index (χ0) is 11.6. The molecule has 2 atom stereocenters. The first-order chi connectivity index (χ1) is 7.65. The van der Waals surface area contributed by atoms with Crippen molar-refractivity contribution in [2.45, 2.75) is 38.2 Å². The van der Waals surface area contributed by atoms with E-state index in [1.807, 2.05) is 19.9 Å². The summed E-state index contributed by atoms with van der Waals surface area (Å²) in [7, 11) is 0. The molecule has 0 aliphatic heterocycles. The molecule has 0 saturated carbocycles. The van der Waals surface area contributed by atoms with Crippen LogP contribution in [0.1, 0.15) is 37.4 Å². The molecular weight excluding hydrogens is 202 g/mol. The van der Waals surface area contributed by atoms with Crippen LogP contribution in [0.25, 0.3) is 0 Å². The van der Waals surface area contributed by atoms with Crippen LogP contribution in [0, 0.1) is 0 Å². The van der Waals surface area contributed by atoms with Crippen LogP contribution >= 0.6 is 0 Å². The van der Waals surface area contributed by atoms with Crippen LogP contribution < -0.4 is 0 Å². The van der Waals surface area contributed by atoms with Gasteiger partial charge in [0, 0.05) is 24.4 Å². The van der Waals surface area contributed by atoms with E-state index in [1.54, 1.807) is 6.20 Å². The molecule has 16 heavy (non-hydrogen) atoms. The standard InChI is InChI=1S/C13H19NO2/c1-3-16-9-13(2,15)11-7-6-10-5-4-8-14-12(10)11/h4-5,8,11,15H,3,6-7,9H2,1-2H3. The van der Waals surface area contributed by atoms with Crippen molar-refractivity contribution in [1.82, 2.24) is 4.98 Å². The number of hydrogen-bond donors (Lipinski definition) is 1. The molecule has 0 bridgehead atoms. The first-order valence-corrected chi connectivity index (χ1v) is 5.89. The molecule has 3 heteroatoms. The molecule has 0 spiro atoms. The Labute approximate surface area is 96.5 Å². The van der Waals surface area contributed by atoms with Crippen molar-refractivity contribution in [3.8, 4) is 0 Å². The van der Waals surface area contributed by atoms with Gasteiger partial charge < -0.3 is 9.84 Å². The molecule has 0 saturated heterocycles. The van der Waals surface area contributed by atoms with Crippen molar-refractivity contribution in [3.63, 3.8) is 0 Å². The third kappa shape index (κ3) is 2.11. The van der Waals surface area contributed by atoms with Crippen LogP contribution in [-0.4, -0.2) is 28.9 Å². The van der Waals surface area contributed by atoms with E-state index in [-0.39, 0.29) is 5.92 Å². The highest BCUT2D eigenvalue weighted by Gasteiger charge is 2.38. The lowest BCUT2D eigenvalue weighted by Crippen LogP contribution is -2.37. The Morgan fingerprint density at radius 3 is 3.19 bits per heavy atom. The van der Waals surface area contributed by atoms with E-state index in [0.717, 1.165) is 18.5 Å². The summed E-state index contributed by atoms with van der Waals surface area (Å²) in [4.78, 5) is 4.40. The molecule has 1 aliphatic carbocycles. The van der Waals surface area contributed by atoms with Crippen LogP contribution in [0.15, 0.2) is 18.3 Å². The zero-order valence-electron chi connectivity index (χ0n) is 9.94. The van der Waals surface area contributed by atoms with E-state index in [4.69, 9.17) is 4.74 Å². The molecule has 2 unspecified atom stereocenters. The second kappa shape index (κ2) is 4.52.